The highest BCUT2D eigenvalue weighted by molar-refractivity contribution is 7.98. The van der Waals surface area contributed by atoms with Gasteiger partial charge in [0.25, 0.3) is 5.56 Å². The number of hydrogen-bond donors (Lipinski definition) is 0. The van der Waals surface area contributed by atoms with E-state index in [1.807, 2.05) is 0 Å². The zero-order chi connectivity index (χ0) is 22.0. The van der Waals surface area contributed by atoms with Gasteiger partial charge in [-0.25, -0.2) is 13.8 Å². The van der Waals surface area contributed by atoms with Gasteiger partial charge in [-0.15, -0.1) is 0 Å². The van der Waals surface area contributed by atoms with Gasteiger partial charge in [-0.2, -0.15) is 0 Å². The molecule has 0 amide bonds. The van der Waals surface area contributed by atoms with E-state index in [0.29, 0.717) is 33.2 Å². The summed E-state index contributed by atoms with van der Waals surface area (Å²) in [4.78, 5) is 18.1. The molecule has 0 radical (unpaired) electrons. The third kappa shape index (κ3) is 4.11. The lowest BCUT2D eigenvalue weighted by molar-refractivity contribution is 0.400. The number of methoxy groups -OCH3 is 2. The Morgan fingerprint density at radius 2 is 1.81 bits per heavy atom. The molecule has 0 aliphatic carbocycles. The SMILES string of the molecule is COc1ccc(OC)c(-n2c(SCc3cc(F)ccc3F)nc3ccccc3c2=O)c1. The average molecular weight is 440 g/mol. The number of benzene rings is 3. The van der Waals surface area contributed by atoms with Gasteiger partial charge >= 0.3 is 0 Å². The van der Waals surface area contributed by atoms with Crippen molar-refractivity contribution in [3.63, 3.8) is 0 Å². The lowest BCUT2D eigenvalue weighted by Crippen LogP contribution is -2.22. The summed E-state index contributed by atoms with van der Waals surface area (Å²) in [6.07, 6.45) is 0. The minimum absolute atomic E-state index is 0.0840. The van der Waals surface area contributed by atoms with Gasteiger partial charge in [0.15, 0.2) is 5.16 Å². The third-order valence-corrected chi connectivity index (χ3v) is 5.72. The predicted molar refractivity (Wildman–Crippen MR) is 116 cm³/mol. The molecule has 0 saturated carbocycles. The highest BCUT2D eigenvalue weighted by Gasteiger charge is 2.18. The summed E-state index contributed by atoms with van der Waals surface area (Å²) in [5.74, 6) is 0.000304. The van der Waals surface area contributed by atoms with Gasteiger partial charge in [0.1, 0.15) is 23.1 Å². The second kappa shape index (κ2) is 8.77. The van der Waals surface area contributed by atoms with Crippen molar-refractivity contribution in [2.45, 2.75) is 10.9 Å². The number of hydrogen-bond acceptors (Lipinski definition) is 5. The predicted octanol–water partition coefficient (Wildman–Crippen LogP) is 4.97. The maximum atomic E-state index is 14.1. The van der Waals surface area contributed by atoms with Crippen LogP contribution in [0.15, 0.2) is 70.6 Å². The molecule has 4 aromatic rings. The average Bonchev–Trinajstić information content (AvgIpc) is 2.79. The Balaban J connectivity index is 1.91. The first kappa shape index (κ1) is 20.9. The Bertz CT molecular complexity index is 1320. The van der Waals surface area contributed by atoms with Crippen molar-refractivity contribution < 1.29 is 18.3 Å². The van der Waals surface area contributed by atoms with Crippen LogP contribution in [-0.4, -0.2) is 23.8 Å². The Kier molecular flexibility index (Phi) is 5.90. The second-order valence-electron chi connectivity index (χ2n) is 6.61. The molecular weight excluding hydrogens is 422 g/mol. The molecule has 0 atom stereocenters. The first-order valence-corrected chi connectivity index (χ1v) is 10.3. The molecule has 0 fully saturated rings. The highest BCUT2D eigenvalue weighted by Crippen LogP contribution is 2.32. The fourth-order valence-corrected chi connectivity index (χ4v) is 4.17. The number of para-hydroxylation sites is 1. The van der Waals surface area contributed by atoms with Crippen molar-refractivity contribution in [2.24, 2.45) is 0 Å². The van der Waals surface area contributed by atoms with Crippen LogP contribution in [0, 0.1) is 11.6 Å². The number of nitrogens with zero attached hydrogens (tertiary/aromatic N) is 2. The Morgan fingerprint density at radius 3 is 2.58 bits per heavy atom. The quantitative estimate of drug-likeness (QED) is 0.313. The molecule has 31 heavy (non-hydrogen) atoms. The second-order valence-corrected chi connectivity index (χ2v) is 7.56. The van der Waals surface area contributed by atoms with Gasteiger partial charge in [-0.05, 0) is 42.5 Å². The maximum absolute atomic E-state index is 14.1. The zero-order valence-corrected chi connectivity index (χ0v) is 17.6. The molecule has 5 nitrogen and oxygen atoms in total. The fourth-order valence-electron chi connectivity index (χ4n) is 3.19. The van der Waals surface area contributed by atoms with E-state index in [1.54, 1.807) is 42.5 Å². The van der Waals surface area contributed by atoms with Crippen LogP contribution in [-0.2, 0) is 5.75 Å². The van der Waals surface area contributed by atoms with Crippen LogP contribution in [0.4, 0.5) is 8.78 Å². The molecule has 8 heteroatoms. The number of thioether (sulfide) groups is 1. The standard InChI is InChI=1S/C23H18F2N2O3S/c1-29-16-8-10-21(30-2)20(12-16)27-22(28)17-5-3-4-6-19(17)26-23(27)31-13-14-11-15(24)7-9-18(14)25/h3-12H,13H2,1-2H3. The first-order valence-electron chi connectivity index (χ1n) is 9.32. The summed E-state index contributed by atoms with van der Waals surface area (Å²) in [5.41, 5.74) is 0.816. The van der Waals surface area contributed by atoms with Crippen LogP contribution < -0.4 is 15.0 Å². The van der Waals surface area contributed by atoms with Crippen molar-refractivity contribution >= 4 is 22.7 Å². The molecule has 4 rings (SSSR count). The maximum Gasteiger partial charge on any atom is 0.266 e. The molecule has 3 aromatic carbocycles. The molecule has 1 heterocycles. The first-order chi connectivity index (χ1) is 15.0. The minimum atomic E-state index is -0.532. The van der Waals surface area contributed by atoms with E-state index in [1.165, 1.54) is 18.8 Å². The number of aromatic nitrogens is 2. The van der Waals surface area contributed by atoms with Crippen LogP contribution in [0.5, 0.6) is 11.5 Å². The summed E-state index contributed by atoms with van der Waals surface area (Å²) in [6.45, 7) is 0. The molecular formula is C23H18F2N2O3S. The van der Waals surface area contributed by atoms with E-state index >= 15 is 0 Å². The van der Waals surface area contributed by atoms with Crippen molar-refractivity contribution in [3.8, 4) is 17.2 Å². The number of rotatable bonds is 6. The van der Waals surface area contributed by atoms with E-state index < -0.39 is 11.6 Å². The molecule has 0 spiro atoms. The lowest BCUT2D eigenvalue weighted by atomic mass is 10.2. The molecule has 0 N–H and O–H groups in total. The summed E-state index contributed by atoms with van der Waals surface area (Å²) < 4.78 is 39.9. The van der Waals surface area contributed by atoms with Crippen molar-refractivity contribution in [1.82, 2.24) is 9.55 Å². The van der Waals surface area contributed by atoms with E-state index in [2.05, 4.69) is 4.98 Å². The Morgan fingerprint density at radius 1 is 1.00 bits per heavy atom. The molecule has 158 valence electrons. The van der Waals surface area contributed by atoms with E-state index in [-0.39, 0.29) is 16.9 Å². The highest BCUT2D eigenvalue weighted by atomic mass is 32.2. The third-order valence-electron chi connectivity index (χ3n) is 4.74. The van der Waals surface area contributed by atoms with Crippen molar-refractivity contribution in [1.29, 1.82) is 0 Å². The zero-order valence-electron chi connectivity index (χ0n) is 16.8. The van der Waals surface area contributed by atoms with Crippen molar-refractivity contribution in [3.05, 3.63) is 88.2 Å². The van der Waals surface area contributed by atoms with Crippen LogP contribution in [0.1, 0.15) is 5.56 Å². The number of ether oxygens (including phenoxy) is 2. The van der Waals surface area contributed by atoms with Gasteiger partial charge in [-0.1, -0.05) is 23.9 Å². The fraction of sp³-hybridized carbons (Fsp3) is 0.130. The van der Waals surface area contributed by atoms with E-state index in [4.69, 9.17) is 9.47 Å². The summed E-state index contributed by atoms with van der Waals surface area (Å²) in [5, 5.41) is 0.743. The van der Waals surface area contributed by atoms with Crippen LogP contribution in [0.2, 0.25) is 0 Å². The molecule has 1 aromatic heterocycles. The van der Waals surface area contributed by atoms with E-state index in [9.17, 15) is 13.6 Å². The molecule has 0 saturated heterocycles. The molecule has 0 aliphatic rings. The van der Waals surface area contributed by atoms with Gasteiger partial charge in [0.05, 0.1) is 30.8 Å². The molecule has 0 unspecified atom stereocenters. The van der Waals surface area contributed by atoms with E-state index in [0.717, 1.165) is 30.0 Å². The van der Waals surface area contributed by atoms with Gasteiger partial charge in [-0.3, -0.25) is 9.36 Å². The summed E-state index contributed by atoms with van der Waals surface area (Å²) in [7, 11) is 3.02. The lowest BCUT2D eigenvalue weighted by Gasteiger charge is -2.17. The monoisotopic (exact) mass is 440 g/mol. The normalized spacial score (nSPS) is 11.0. The summed E-state index contributed by atoms with van der Waals surface area (Å²) >= 11 is 1.13. The Hall–Kier alpha value is -3.39. The smallest absolute Gasteiger partial charge is 0.266 e. The topological polar surface area (TPSA) is 53.4 Å². The van der Waals surface area contributed by atoms with Crippen LogP contribution >= 0.6 is 11.8 Å². The van der Waals surface area contributed by atoms with Gasteiger partial charge in [0.2, 0.25) is 0 Å². The minimum Gasteiger partial charge on any atom is -0.497 e. The molecule has 0 bridgehead atoms. The van der Waals surface area contributed by atoms with Crippen LogP contribution in [0.3, 0.4) is 0 Å². The van der Waals surface area contributed by atoms with Gasteiger partial charge < -0.3 is 9.47 Å². The Labute approximate surface area is 181 Å². The van der Waals surface area contributed by atoms with Crippen LogP contribution in [0.25, 0.3) is 16.6 Å². The molecule has 0 aliphatic heterocycles. The summed E-state index contributed by atoms with van der Waals surface area (Å²) in [6, 6.07) is 15.3. The van der Waals surface area contributed by atoms with Crippen molar-refractivity contribution in [2.75, 3.05) is 14.2 Å². The van der Waals surface area contributed by atoms with Gasteiger partial charge in [0, 0.05) is 17.4 Å². The largest absolute Gasteiger partial charge is 0.497 e. The number of halogens is 2. The number of fused-ring (bicyclic) bond motifs is 1.